The third-order valence-corrected chi connectivity index (χ3v) is 5.03. The molecule has 1 unspecified atom stereocenters. The fraction of sp³-hybridized carbons (Fsp3) is 0.174. The van der Waals surface area contributed by atoms with Crippen molar-refractivity contribution in [2.24, 2.45) is 11.7 Å². The molecule has 3 aromatic rings. The number of carbonyl (C=O) groups excluding carboxylic acids is 2. The third kappa shape index (κ3) is 4.11. The average Bonchev–Trinajstić information content (AvgIpc) is 2.75. The number of amides is 1. The summed E-state index contributed by atoms with van der Waals surface area (Å²) in [7, 11) is 0. The summed E-state index contributed by atoms with van der Waals surface area (Å²) in [6.07, 6.45) is 0. The molecule has 0 saturated heterocycles. The first-order valence-corrected chi connectivity index (χ1v) is 9.53. The minimum absolute atomic E-state index is 0.208. The number of pyridine rings is 1. The zero-order valence-electron chi connectivity index (χ0n) is 15.9. The Labute approximate surface area is 169 Å². The van der Waals surface area contributed by atoms with Crippen LogP contribution in [0.4, 0.5) is 11.5 Å². The standard InChI is InChI=1S/C23H22N4O2/c24-23(29)18-13-25-19-11-12-20(26-21(19)22(18)28)27(14-16-7-3-1-4-8-16)15-17-9-5-2-6-10-17/h1-12,18,25H,13-15H2,(H2,24,29). The zero-order chi connectivity index (χ0) is 20.2. The molecule has 0 saturated carbocycles. The van der Waals surface area contributed by atoms with Crippen molar-refractivity contribution in [1.82, 2.24) is 4.98 Å². The quantitative estimate of drug-likeness (QED) is 0.636. The van der Waals surface area contributed by atoms with E-state index in [0.717, 1.165) is 11.1 Å². The van der Waals surface area contributed by atoms with Gasteiger partial charge in [0, 0.05) is 19.6 Å². The summed E-state index contributed by atoms with van der Waals surface area (Å²) in [5.74, 6) is -1.17. The Hall–Kier alpha value is -3.67. The predicted octanol–water partition coefficient (Wildman–Crippen LogP) is 3.00. The van der Waals surface area contributed by atoms with Crippen molar-refractivity contribution < 1.29 is 9.59 Å². The molecule has 6 nitrogen and oxygen atoms in total. The lowest BCUT2D eigenvalue weighted by Crippen LogP contribution is -2.40. The minimum atomic E-state index is -0.887. The van der Waals surface area contributed by atoms with Crippen molar-refractivity contribution >= 4 is 23.2 Å². The lowest BCUT2D eigenvalue weighted by atomic mass is 9.95. The van der Waals surface area contributed by atoms with Crippen LogP contribution >= 0.6 is 0 Å². The van der Waals surface area contributed by atoms with Crippen LogP contribution in [0, 0.1) is 5.92 Å². The van der Waals surface area contributed by atoms with Crippen molar-refractivity contribution in [2.45, 2.75) is 13.1 Å². The van der Waals surface area contributed by atoms with E-state index in [4.69, 9.17) is 5.73 Å². The number of Topliss-reactive ketones (excluding diaryl/α,β-unsaturated/α-hetero) is 1. The largest absolute Gasteiger partial charge is 0.382 e. The maximum Gasteiger partial charge on any atom is 0.230 e. The molecule has 1 atom stereocenters. The van der Waals surface area contributed by atoms with Crippen LogP contribution in [0.15, 0.2) is 72.8 Å². The van der Waals surface area contributed by atoms with E-state index < -0.39 is 11.8 Å². The number of hydrogen-bond acceptors (Lipinski definition) is 5. The fourth-order valence-electron chi connectivity index (χ4n) is 3.48. The first kappa shape index (κ1) is 18.7. The number of hydrogen-bond donors (Lipinski definition) is 2. The first-order chi connectivity index (χ1) is 14.1. The summed E-state index contributed by atoms with van der Waals surface area (Å²) in [6, 6.07) is 24.0. The average molecular weight is 386 g/mol. The van der Waals surface area contributed by atoms with Crippen molar-refractivity contribution in [3.05, 3.63) is 89.6 Å². The highest BCUT2D eigenvalue weighted by Crippen LogP contribution is 2.27. The van der Waals surface area contributed by atoms with E-state index in [2.05, 4.69) is 39.5 Å². The van der Waals surface area contributed by atoms with Crippen molar-refractivity contribution in [2.75, 3.05) is 16.8 Å². The monoisotopic (exact) mass is 386 g/mol. The van der Waals surface area contributed by atoms with Gasteiger partial charge in [-0.15, -0.1) is 0 Å². The van der Waals surface area contributed by atoms with Gasteiger partial charge in [0.25, 0.3) is 0 Å². The molecule has 0 spiro atoms. The fourth-order valence-corrected chi connectivity index (χ4v) is 3.48. The van der Waals surface area contributed by atoms with Gasteiger partial charge in [-0.1, -0.05) is 60.7 Å². The molecule has 0 bridgehead atoms. The minimum Gasteiger partial charge on any atom is -0.382 e. The molecule has 1 aromatic heterocycles. The zero-order valence-corrected chi connectivity index (χ0v) is 15.9. The molecule has 1 aliphatic heterocycles. The Morgan fingerprint density at radius 2 is 1.55 bits per heavy atom. The van der Waals surface area contributed by atoms with Gasteiger partial charge in [0.15, 0.2) is 5.78 Å². The molecular formula is C23H22N4O2. The number of primary amides is 1. The van der Waals surface area contributed by atoms with Crippen LogP contribution in [0.3, 0.4) is 0 Å². The topological polar surface area (TPSA) is 88.3 Å². The lowest BCUT2D eigenvalue weighted by molar-refractivity contribution is -0.120. The van der Waals surface area contributed by atoms with E-state index in [1.165, 1.54) is 0 Å². The van der Waals surface area contributed by atoms with E-state index in [-0.39, 0.29) is 18.0 Å². The highest BCUT2D eigenvalue weighted by Gasteiger charge is 2.33. The van der Waals surface area contributed by atoms with E-state index >= 15 is 0 Å². The molecule has 6 heteroatoms. The van der Waals surface area contributed by atoms with Gasteiger partial charge in [-0.2, -0.15) is 0 Å². The van der Waals surface area contributed by atoms with Crippen LogP contribution in [-0.2, 0) is 17.9 Å². The van der Waals surface area contributed by atoms with E-state index in [9.17, 15) is 9.59 Å². The summed E-state index contributed by atoms with van der Waals surface area (Å²) in [5, 5.41) is 3.09. The second-order valence-corrected chi connectivity index (χ2v) is 7.09. The van der Waals surface area contributed by atoms with Crippen LogP contribution in [-0.4, -0.2) is 23.2 Å². The Kier molecular flexibility index (Phi) is 5.24. The number of ketones is 1. The molecule has 146 valence electrons. The highest BCUT2D eigenvalue weighted by atomic mass is 16.2. The number of nitrogens with zero attached hydrogens (tertiary/aromatic N) is 2. The van der Waals surface area contributed by atoms with Crippen LogP contribution in [0.2, 0.25) is 0 Å². The molecule has 1 aliphatic rings. The smallest absolute Gasteiger partial charge is 0.230 e. The molecule has 1 amide bonds. The second-order valence-electron chi connectivity index (χ2n) is 7.09. The second kappa shape index (κ2) is 8.14. The Morgan fingerprint density at radius 3 is 2.10 bits per heavy atom. The Balaban J connectivity index is 1.69. The van der Waals surface area contributed by atoms with Crippen molar-refractivity contribution in [3.63, 3.8) is 0 Å². The summed E-state index contributed by atoms with van der Waals surface area (Å²) in [4.78, 5) is 31.1. The number of nitrogens with one attached hydrogen (secondary N) is 1. The molecular weight excluding hydrogens is 364 g/mol. The molecule has 29 heavy (non-hydrogen) atoms. The van der Waals surface area contributed by atoms with E-state index in [1.54, 1.807) is 0 Å². The van der Waals surface area contributed by atoms with Crippen LogP contribution < -0.4 is 16.0 Å². The first-order valence-electron chi connectivity index (χ1n) is 9.53. The predicted molar refractivity (Wildman–Crippen MR) is 113 cm³/mol. The number of fused-ring (bicyclic) bond motifs is 1. The van der Waals surface area contributed by atoms with Gasteiger partial charge in [0.1, 0.15) is 17.4 Å². The van der Waals surface area contributed by atoms with Gasteiger partial charge in [-0.3, -0.25) is 9.59 Å². The number of benzene rings is 2. The highest BCUT2D eigenvalue weighted by molar-refractivity contribution is 6.13. The molecule has 2 heterocycles. The molecule has 4 rings (SSSR count). The van der Waals surface area contributed by atoms with Gasteiger partial charge in [0.2, 0.25) is 5.91 Å². The van der Waals surface area contributed by atoms with Gasteiger partial charge in [0.05, 0.1) is 5.69 Å². The van der Waals surface area contributed by atoms with Crippen molar-refractivity contribution in [1.29, 1.82) is 0 Å². The normalized spacial score (nSPS) is 15.3. The van der Waals surface area contributed by atoms with Gasteiger partial charge in [-0.25, -0.2) is 4.98 Å². The summed E-state index contributed by atoms with van der Waals surface area (Å²) >= 11 is 0. The van der Waals surface area contributed by atoms with Crippen LogP contribution in [0.25, 0.3) is 0 Å². The number of nitrogens with two attached hydrogens (primary N) is 1. The number of aromatic nitrogens is 1. The maximum atomic E-state index is 12.7. The summed E-state index contributed by atoms with van der Waals surface area (Å²) in [5.41, 5.74) is 8.56. The van der Waals surface area contributed by atoms with Gasteiger partial charge < -0.3 is 16.0 Å². The summed E-state index contributed by atoms with van der Waals surface area (Å²) in [6.45, 7) is 1.49. The molecule has 0 radical (unpaired) electrons. The molecule has 3 N–H and O–H groups in total. The van der Waals surface area contributed by atoms with Gasteiger partial charge in [-0.05, 0) is 23.3 Å². The molecule has 0 fully saturated rings. The molecule has 0 aliphatic carbocycles. The third-order valence-electron chi connectivity index (χ3n) is 5.03. The van der Waals surface area contributed by atoms with Crippen LogP contribution in [0.5, 0.6) is 0 Å². The summed E-state index contributed by atoms with van der Waals surface area (Å²) < 4.78 is 0. The number of carbonyl (C=O) groups is 2. The Bertz CT molecular complexity index is 980. The maximum absolute atomic E-state index is 12.7. The number of rotatable bonds is 6. The van der Waals surface area contributed by atoms with Crippen molar-refractivity contribution in [3.8, 4) is 0 Å². The van der Waals surface area contributed by atoms with E-state index in [0.29, 0.717) is 24.6 Å². The van der Waals surface area contributed by atoms with Crippen LogP contribution in [0.1, 0.15) is 21.6 Å². The van der Waals surface area contributed by atoms with Gasteiger partial charge >= 0.3 is 0 Å². The lowest BCUT2D eigenvalue weighted by Gasteiger charge is -2.27. The Morgan fingerprint density at radius 1 is 0.966 bits per heavy atom. The number of anilines is 2. The molecule has 2 aromatic carbocycles. The van der Waals surface area contributed by atoms with E-state index in [1.807, 2.05) is 48.5 Å². The SMILES string of the molecule is NC(=O)C1CNc2ccc(N(Cc3ccccc3)Cc3ccccc3)nc2C1=O.